The van der Waals surface area contributed by atoms with E-state index in [1.54, 1.807) is 32.7 Å². The summed E-state index contributed by atoms with van der Waals surface area (Å²) in [5.74, 6) is 2.52. The molecule has 0 unspecified atom stereocenters. The number of methoxy groups -OCH3 is 3. The summed E-state index contributed by atoms with van der Waals surface area (Å²) < 4.78 is 17.2. The lowest BCUT2D eigenvalue weighted by Gasteiger charge is -2.41. The first-order valence-electron chi connectivity index (χ1n) is 10.3. The Balaban J connectivity index is 1.25. The Labute approximate surface area is 185 Å². The van der Waals surface area contributed by atoms with Crippen molar-refractivity contribution >= 4 is 32.6 Å². The van der Waals surface area contributed by atoms with Gasteiger partial charge in [-0.1, -0.05) is 11.3 Å². The van der Waals surface area contributed by atoms with E-state index in [2.05, 4.69) is 4.90 Å². The number of fused-ring (bicyclic) bond motifs is 2. The molecule has 2 aliphatic rings. The lowest BCUT2D eigenvalue weighted by molar-refractivity contribution is -0.137. The van der Waals surface area contributed by atoms with Crippen molar-refractivity contribution in [3.63, 3.8) is 0 Å². The predicted molar refractivity (Wildman–Crippen MR) is 121 cm³/mol. The largest absolute Gasteiger partial charge is 0.497 e. The molecule has 1 fully saturated rings. The van der Waals surface area contributed by atoms with E-state index in [0.29, 0.717) is 25.4 Å². The quantitative estimate of drug-likeness (QED) is 0.608. The molecular formula is C23H25N3O4S. The molecule has 3 aromatic rings. The van der Waals surface area contributed by atoms with Crippen molar-refractivity contribution in [2.24, 2.45) is 5.92 Å². The molecule has 0 atom stereocenters. The van der Waals surface area contributed by atoms with Crippen LogP contribution in [-0.2, 0) is 17.8 Å². The second kappa shape index (κ2) is 7.92. The van der Waals surface area contributed by atoms with Gasteiger partial charge < -0.3 is 24.0 Å². The highest BCUT2D eigenvalue weighted by Crippen LogP contribution is 2.36. The zero-order chi connectivity index (χ0) is 21.5. The number of amides is 1. The maximum atomic E-state index is 13.1. The van der Waals surface area contributed by atoms with Crippen molar-refractivity contribution in [3.8, 4) is 17.2 Å². The number of thiazole rings is 1. The number of benzene rings is 2. The average molecular weight is 440 g/mol. The van der Waals surface area contributed by atoms with E-state index in [-0.39, 0.29) is 11.8 Å². The molecule has 3 heterocycles. The first-order valence-corrected chi connectivity index (χ1v) is 11.1. The topological polar surface area (TPSA) is 64.1 Å². The zero-order valence-corrected chi connectivity index (χ0v) is 18.7. The zero-order valence-electron chi connectivity index (χ0n) is 17.9. The van der Waals surface area contributed by atoms with E-state index in [4.69, 9.17) is 19.2 Å². The minimum Gasteiger partial charge on any atom is -0.497 e. The van der Waals surface area contributed by atoms with Gasteiger partial charge in [-0.3, -0.25) is 4.79 Å². The van der Waals surface area contributed by atoms with Crippen molar-refractivity contribution in [2.75, 3.05) is 45.9 Å². The third-order valence-electron chi connectivity index (χ3n) is 6.12. The van der Waals surface area contributed by atoms with Gasteiger partial charge >= 0.3 is 0 Å². The van der Waals surface area contributed by atoms with Gasteiger partial charge in [0.1, 0.15) is 5.75 Å². The summed E-state index contributed by atoms with van der Waals surface area (Å²) in [7, 11) is 4.95. The van der Waals surface area contributed by atoms with E-state index < -0.39 is 0 Å². The van der Waals surface area contributed by atoms with E-state index >= 15 is 0 Å². The number of rotatable bonds is 5. The molecule has 0 bridgehead atoms. The Kier molecular flexibility index (Phi) is 5.09. The van der Waals surface area contributed by atoms with Crippen molar-refractivity contribution in [2.45, 2.75) is 13.0 Å². The molecule has 2 aliphatic heterocycles. The number of aromatic nitrogens is 1. The highest BCUT2D eigenvalue weighted by Gasteiger charge is 2.37. The summed E-state index contributed by atoms with van der Waals surface area (Å²) in [4.78, 5) is 22.0. The minimum atomic E-state index is 0.0169. The van der Waals surface area contributed by atoms with Crippen LogP contribution in [0.3, 0.4) is 0 Å². The smallest absolute Gasteiger partial charge is 0.229 e. The molecule has 2 aromatic carbocycles. The fraction of sp³-hybridized carbons (Fsp3) is 0.391. The molecular weight excluding hydrogens is 414 g/mol. The van der Waals surface area contributed by atoms with Gasteiger partial charge in [0.2, 0.25) is 5.91 Å². The van der Waals surface area contributed by atoms with E-state index in [0.717, 1.165) is 45.4 Å². The molecule has 1 aromatic heterocycles. The van der Waals surface area contributed by atoms with Gasteiger partial charge in [-0.25, -0.2) is 4.98 Å². The summed E-state index contributed by atoms with van der Waals surface area (Å²) in [5, 5.41) is 0.966. The van der Waals surface area contributed by atoms with E-state index in [1.165, 1.54) is 5.56 Å². The fourth-order valence-corrected chi connectivity index (χ4v) is 5.29. The third kappa shape index (κ3) is 3.54. The lowest BCUT2D eigenvalue weighted by Crippen LogP contribution is -2.55. The number of hydrogen-bond donors (Lipinski definition) is 0. The van der Waals surface area contributed by atoms with Crippen LogP contribution in [0, 0.1) is 5.92 Å². The number of hydrogen-bond acceptors (Lipinski definition) is 7. The van der Waals surface area contributed by atoms with Crippen LogP contribution in [0.2, 0.25) is 0 Å². The van der Waals surface area contributed by atoms with Crippen molar-refractivity contribution in [3.05, 3.63) is 41.5 Å². The summed E-state index contributed by atoms with van der Waals surface area (Å²) in [6.07, 6.45) is 0.831. The van der Waals surface area contributed by atoms with Crippen LogP contribution in [0.5, 0.6) is 17.2 Å². The molecule has 0 N–H and O–H groups in total. The van der Waals surface area contributed by atoms with Crippen LogP contribution in [-0.4, -0.2) is 56.8 Å². The van der Waals surface area contributed by atoms with Crippen LogP contribution >= 0.6 is 11.3 Å². The molecule has 31 heavy (non-hydrogen) atoms. The van der Waals surface area contributed by atoms with Gasteiger partial charge in [-0.05, 0) is 47.9 Å². The highest BCUT2D eigenvalue weighted by atomic mass is 32.1. The monoisotopic (exact) mass is 439 g/mol. The summed E-state index contributed by atoms with van der Waals surface area (Å²) >= 11 is 1.64. The number of carbonyl (C=O) groups is 1. The van der Waals surface area contributed by atoms with E-state index in [1.807, 2.05) is 35.2 Å². The Hall–Kier alpha value is -3.00. The molecule has 1 saturated heterocycles. The van der Waals surface area contributed by atoms with Crippen LogP contribution < -0.4 is 19.1 Å². The highest BCUT2D eigenvalue weighted by molar-refractivity contribution is 7.22. The van der Waals surface area contributed by atoms with Crippen molar-refractivity contribution in [1.29, 1.82) is 0 Å². The Morgan fingerprint density at radius 1 is 1.03 bits per heavy atom. The first-order chi connectivity index (χ1) is 15.1. The van der Waals surface area contributed by atoms with Crippen molar-refractivity contribution < 1.29 is 19.0 Å². The fourth-order valence-electron chi connectivity index (χ4n) is 4.28. The minimum absolute atomic E-state index is 0.0169. The molecule has 0 radical (unpaired) electrons. The van der Waals surface area contributed by atoms with Gasteiger partial charge in [-0.15, -0.1) is 0 Å². The number of nitrogens with zero attached hydrogens (tertiary/aromatic N) is 3. The standard InChI is InChI=1S/C23H25N3O4S/c1-28-17-4-5-18-21(10-17)31-23(24-18)26-12-16(13-26)22(27)25-7-6-14-8-19(29-2)20(30-3)9-15(14)11-25/h4-5,8-10,16H,6-7,11-13H2,1-3H3. The molecule has 0 saturated carbocycles. The Morgan fingerprint density at radius 3 is 2.48 bits per heavy atom. The molecule has 0 aliphatic carbocycles. The number of ether oxygens (including phenoxy) is 3. The van der Waals surface area contributed by atoms with Gasteiger partial charge in [0.05, 0.1) is 37.5 Å². The maximum Gasteiger partial charge on any atom is 0.229 e. The molecule has 0 spiro atoms. The molecule has 162 valence electrons. The van der Waals surface area contributed by atoms with Crippen molar-refractivity contribution in [1.82, 2.24) is 9.88 Å². The summed E-state index contributed by atoms with van der Waals surface area (Å²) in [5.41, 5.74) is 3.32. The summed E-state index contributed by atoms with van der Waals surface area (Å²) in [6, 6.07) is 9.94. The Morgan fingerprint density at radius 2 is 1.77 bits per heavy atom. The molecule has 1 amide bonds. The van der Waals surface area contributed by atoms with Gasteiger partial charge in [0.25, 0.3) is 0 Å². The average Bonchev–Trinajstić information content (AvgIpc) is 3.18. The second-order valence-corrected chi connectivity index (χ2v) is 8.93. The maximum absolute atomic E-state index is 13.1. The number of carbonyl (C=O) groups excluding carboxylic acids is 1. The lowest BCUT2D eigenvalue weighted by atomic mass is 9.94. The van der Waals surface area contributed by atoms with Crippen LogP contribution in [0.4, 0.5) is 5.13 Å². The van der Waals surface area contributed by atoms with E-state index in [9.17, 15) is 4.79 Å². The number of anilines is 1. The first kappa shape index (κ1) is 19.9. The van der Waals surface area contributed by atoms with Gasteiger partial charge in [-0.2, -0.15) is 0 Å². The van der Waals surface area contributed by atoms with Gasteiger partial charge in [0, 0.05) is 26.2 Å². The third-order valence-corrected chi connectivity index (χ3v) is 7.19. The van der Waals surface area contributed by atoms with Crippen LogP contribution in [0.15, 0.2) is 30.3 Å². The molecule has 8 heteroatoms. The van der Waals surface area contributed by atoms with Crippen LogP contribution in [0.1, 0.15) is 11.1 Å². The Bertz CT molecular complexity index is 1140. The normalized spacial score (nSPS) is 16.1. The van der Waals surface area contributed by atoms with Crippen LogP contribution in [0.25, 0.3) is 10.2 Å². The van der Waals surface area contributed by atoms with Gasteiger partial charge in [0.15, 0.2) is 16.6 Å². The molecule has 5 rings (SSSR count). The second-order valence-electron chi connectivity index (χ2n) is 7.92. The predicted octanol–water partition coefficient (Wildman–Crippen LogP) is 3.34. The SMILES string of the molecule is COc1ccc2nc(N3CC(C(=O)N4CCc5cc(OC)c(OC)cc5C4)C3)sc2c1. The molecule has 7 nitrogen and oxygen atoms in total. The summed E-state index contributed by atoms with van der Waals surface area (Å²) in [6.45, 7) is 2.78.